The number of hydrogen-bond donors (Lipinski definition) is 1. The molecule has 1 saturated heterocycles. The zero-order valence-electron chi connectivity index (χ0n) is 42.6. The van der Waals surface area contributed by atoms with Crippen molar-refractivity contribution in [2.24, 2.45) is 0 Å². The van der Waals surface area contributed by atoms with Crippen LogP contribution in [0.25, 0.3) is 55.4 Å². The van der Waals surface area contributed by atoms with E-state index in [0.29, 0.717) is 39.8 Å². The number of unbranched alkanes of at least 4 members (excludes halogenated alkanes) is 1. The first-order valence-electron chi connectivity index (χ1n) is 24.4. The van der Waals surface area contributed by atoms with Gasteiger partial charge in [0.05, 0.1) is 6.04 Å². The number of pyridine rings is 2. The fraction of sp³-hybridized carbons (Fsp3) is 0.538. The molecule has 14 nitrogen and oxygen atoms in total. The summed E-state index contributed by atoms with van der Waals surface area (Å²) < 4.78 is 27.9. The lowest BCUT2D eigenvalue weighted by atomic mass is 9.99. The minimum atomic E-state index is -1.29. The molecular formula is C52H74N8O6Si2. The Morgan fingerprint density at radius 3 is 1.79 bits per heavy atom. The van der Waals surface area contributed by atoms with E-state index in [-0.39, 0.29) is 12.1 Å². The van der Waals surface area contributed by atoms with Crippen molar-refractivity contribution in [1.29, 1.82) is 0 Å². The molecule has 0 radical (unpaired) electrons. The summed E-state index contributed by atoms with van der Waals surface area (Å²) in [5.74, 6) is 1.70. The maximum atomic E-state index is 13.4. The van der Waals surface area contributed by atoms with E-state index in [1.807, 2.05) is 63.4 Å². The zero-order valence-corrected chi connectivity index (χ0v) is 44.6. The Morgan fingerprint density at radius 2 is 1.24 bits per heavy atom. The van der Waals surface area contributed by atoms with Crippen molar-refractivity contribution in [3.8, 4) is 22.3 Å². The number of carbonyl (C=O) groups excluding carboxylic acids is 2. The Morgan fingerprint density at radius 1 is 0.691 bits per heavy atom. The fourth-order valence-corrected chi connectivity index (χ4v) is 9.78. The summed E-state index contributed by atoms with van der Waals surface area (Å²) in [6.45, 7) is 28.6. The maximum Gasteiger partial charge on any atom is 0.410 e. The molecule has 2 aromatic carbocycles. The predicted octanol–water partition coefficient (Wildman–Crippen LogP) is 12.2. The standard InChI is InChI=1S/C52H74N8O6Si2/c1-51(2,3)65-49(61)53-22-14-13-17-45-56-42-30-40(32-54-46(42)59(45)34-63-24-26-67(7,8)9)38-20-18-37-29-39(21-19-36(37)28-38)41-31-43-47(55-33-41)60(35-64-25-27-68(10,11)12)48(57-43)44-16-15-23-58(44)50(62)66-52(4,5)6/h18-21,28-33,44H,13-17,22-27,34-35H2,1-12H3,(H,53,61)/t44-/m0/s1. The molecule has 2 amide bonds. The van der Waals surface area contributed by atoms with Gasteiger partial charge >= 0.3 is 12.2 Å². The molecule has 0 aliphatic carbocycles. The van der Waals surface area contributed by atoms with E-state index in [0.717, 1.165) is 111 Å². The molecule has 6 aromatic rings. The van der Waals surface area contributed by atoms with Gasteiger partial charge < -0.3 is 24.3 Å². The van der Waals surface area contributed by atoms with Crippen molar-refractivity contribution in [3.63, 3.8) is 0 Å². The van der Waals surface area contributed by atoms with Crippen LogP contribution in [-0.2, 0) is 38.8 Å². The van der Waals surface area contributed by atoms with Crippen molar-refractivity contribution in [2.75, 3.05) is 26.3 Å². The summed E-state index contributed by atoms with van der Waals surface area (Å²) >= 11 is 0. The normalized spacial score (nSPS) is 14.9. The highest BCUT2D eigenvalue weighted by Gasteiger charge is 2.37. The van der Waals surface area contributed by atoms with Crippen LogP contribution in [0.3, 0.4) is 0 Å². The number of hydrogen-bond acceptors (Lipinski definition) is 10. The number of rotatable bonds is 18. The van der Waals surface area contributed by atoms with Crippen molar-refractivity contribution >= 4 is 61.4 Å². The Hall–Kier alpha value is -5.17. The minimum absolute atomic E-state index is 0.239. The Labute approximate surface area is 404 Å². The number of nitrogens with zero attached hydrogens (tertiary/aromatic N) is 7. The molecule has 0 bridgehead atoms. The summed E-state index contributed by atoms with van der Waals surface area (Å²) in [6.07, 6.45) is 7.12. The second-order valence-corrected chi connectivity index (χ2v) is 33.9. The van der Waals surface area contributed by atoms with Gasteiger partial charge in [-0.1, -0.05) is 63.5 Å². The van der Waals surface area contributed by atoms with Crippen LogP contribution in [0.1, 0.15) is 84.9 Å². The number of amides is 2. The quantitative estimate of drug-likeness (QED) is 0.0652. The molecular weight excluding hydrogens is 889 g/mol. The molecule has 5 heterocycles. The van der Waals surface area contributed by atoms with E-state index in [4.69, 9.17) is 38.9 Å². The first-order chi connectivity index (χ1) is 32.0. The monoisotopic (exact) mass is 963 g/mol. The summed E-state index contributed by atoms with van der Waals surface area (Å²) in [4.78, 5) is 47.6. The van der Waals surface area contributed by atoms with Crippen LogP contribution in [0.15, 0.2) is 60.9 Å². The van der Waals surface area contributed by atoms with Crippen molar-refractivity contribution < 1.29 is 28.5 Å². The molecule has 1 N–H and O–H groups in total. The van der Waals surface area contributed by atoms with Gasteiger partial charge in [0.1, 0.15) is 47.3 Å². The zero-order chi connectivity index (χ0) is 49.0. The Balaban J connectivity index is 1.11. The molecule has 366 valence electrons. The summed E-state index contributed by atoms with van der Waals surface area (Å²) in [5, 5.41) is 5.07. The molecule has 1 fully saturated rings. The van der Waals surface area contributed by atoms with Gasteiger partial charge in [0, 0.05) is 72.4 Å². The highest BCUT2D eigenvalue weighted by molar-refractivity contribution is 6.76. The summed E-state index contributed by atoms with van der Waals surface area (Å²) in [7, 11) is -2.55. The van der Waals surface area contributed by atoms with Crippen LogP contribution in [0.2, 0.25) is 51.4 Å². The largest absolute Gasteiger partial charge is 0.444 e. The number of likely N-dealkylation sites (tertiary alicyclic amines) is 1. The molecule has 4 aromatic heterocycles. The number of carbonyl (C=O) groups is 2. The van der Waals surface area contributed by atoms with E-state index in [2.05, 4.69) is 97.7 Å². The molecule has 1 aliphatic heterocycles. The van der Waals surface area contributed by atoms with Crippen LogP contribution in [-0.4, -0.2) is 99.8 Å². The molecule has 0 saturated carbocycles. The first-order valence-corrected chi connectivity index (χ1v) is 31.8. The number of alkyl carbamates (subject to hydrolysis) is 1. The van der Waals surface area contributed by atoms with Crippen molar-refractivity contribution in [2.45, 2.75) is 156 Å². The highest BCUT2D eigenvalue weighted by Crippen LogP contribution is 2.36. The molecule has 7 rings (SSSR count). The smallest absolute Gasteiger partial charge is 0.410 e. The van der Waals surface area contributed by atoms with Gasteiger partial charge in [-0.15, -0.1) is 0 Å². The molecule has 68 heavy (non-hydrogen) atoms. The van der Waals surface area contributed by atoms with Gasteiger partial charge in [-0.2, -0.15) is 0 Å². The van der Waals surface area contributed by atoms with E-state index in [1.54, 1.807) is 0 Å². The van der Waals surface area contributed by atoms with E-state index < -0.39 is 33.4 Å². The average Bonchev–Trinajstić information content (AvgIpc) is 3.96. The molecule has 0 unspecified atom stereocenters. The lowest BCUT2D eigenvalue weighted by Gasteiger charge is -2.28. The third-order valence-electron chi connectivity index (χ3n) is 11.9. The van der Waals surface area contributed by atoms with Crippen molar-refractivity contribution in [1.82, 2.24) is 39.3 Å². The van der Waals surface area contributed by atoms with Gasteiger partial charge in [0.2, 0.25) is 0 Å². The second kappa shape index (κ2) is 20.8. The molecule has 1 atom stereocenters. The van der Waals surface area contributed by atoms with Gasteiger partial charge in [0.25, 0.3) is 0 Å². The average molecular weight is 963 g/mol. The van der Waals surface area contributed by atoms with Gasteiger partial charge in [-0.25, -0.2) is 29.5 Å². The van der Waals surface area contributed by atoms with Gasteiger partial charge in [-0.05, 0) is 125 Å². The third kappa shape index (κ3) is 13.5. The number of fused-ring (bicyclic) bond motifs is 3. The van der Waals surface area contributed by atoms with Crippen molar-refractivity contribution in [3.05, 3.63) is 72.6 Å². The predicted molar refractivity (Wildman–Crippen MR) is 277 cm³/mol. The second-order valence-electron chi connectivity index (χ2n) is 22.7. The number of nitrogens with one attached hydrogen (secondary N) is 1. The minimum Gasteiger partial charge on any atom is -0.444 e. The Bertz CT molecular complexity index is 2720. The topological polar surface area (TPSA) is 148 Å². The molecule has 16 heteroatoms. The number of imidazole rings is 2. The van der Waals surface area contributed by atoms with E-state index in [9.17, 15) is 9.59 Å². The highest BCUT2D eigenvalue weighted by atomic mass is 28.3. The van der Waals surface area contributed by atoms with Crippen LogP contribution in [0.4, 0.5) is 9.59 Å². The van der Waals surface area contributed by atoms with E-state index >= 15 is 0 Å². The third-order valence-corrected chi connectivity index (χ3v) is 15.3. The summed E-state index contributed by atoms with van der Waals surface area (Å²) in [6, 6.07) is 19.1. The van der Waals surface area contributed by atoms with Crippen LogP contribution >= 0.6 is 0 Å². The molecule has 1 aliphatic rings. The number of aromatic nitrogens is 6. The van der Waals surface area contributed by atoms with E-state index in [1.165, 1.54) is 0 Å². The lowest BCUT2D eigenvalue weighted by molar-refractivity contribution is 0.0204. The Kier molecular flexibility index (Phi) is 15.5. The number of ether oxygens (including phenoxy) is 4. The number of aryl methyl sites for hydroxylation is 1. The van der Waals surface area contributed by atoms with Crippen LogP contribution < -0.4 is 5.32 Å². The van der Waals surface area contributed by atoms with Crippen LogP contribution in [0.5, 0.6) is 0 Å². The fourth-order valence-electron chi connectivity index (χ4n) is 8.27. The first kappa shape index (κ1) is 50.7. The molecule has 0 spiro atoms. The summed E-state index contributed by atoms with van der Waals surface area (Å²) in [5.41, 5.74) is 6.03. The van der Waals surface area contributed by atoms with Gasteiger partial charge in [-0.3, -0.25) is 14.0 Å². The van der Waals surface area contributed by atoms with Gasteiger partial charge in [0.15, 0.2) is 11.3 Å². The number of benzene rings is 2. The lowest BCUT2D eigenvalue weighted by Crippen LogP contribution is -2.37. The SMILES string of the molecule is CC(C)(C)OC(=O)NCCCCc1nc2cc(-c3ccc4cc(-c5cnc6c(c5)nc([C@@H]5CCCN5C(=O)OC(C)(C)C)n6COCC[Si](C)(C)C)ccc4c3)cnc2n1COCC[Si](C)(C)C. The van der Waals surface area contributed by atoms with Crippen LogP contribution in [0, 0.1) is 0 Å². The maximum absolute atomic E-state index is 13.4.